The van der Waals surface area contributed by atoms with E-state index >= 15 is 0 Å². The highest BCUT2D eigenvalue weighted by molar-refractivity contribution is 7.99. The molecule has 0 saturated carbocycles. The molecule has 5 rings (SSSR count). The molecule has 5 nitrogen and oxygen atoms in total. The third-order valence-electron chi connectivity index (χ3n) is 6.43. The fourth-order valence-electron chi connectivity index (χ4n) is 4.54. The van der Waals surface area contributed by atoms with E-state index < -0.39 is 11.6 Å². The predicted molar refractivity (Wildman–Crippen MR) is 130 cm³/mol. The van der Waals surface area contributed by atoms with Crippen molar-refractivity contribution < 1.29 is 24.1 Å². The van der Waals surface area contributed by atoms with E-state index in [0.29, 0.717) is 12.4 Å². The molecule has 0 unspecified atom stereocenters. The van der Waals surface area contributed by atoms with Gasteiger partial charge in [0.05, 0.1) is 10.1 Å². The van der Waals surface area contributed by atoms with Gasteiger partial charge in [0.1, 0.15) is 30.0 Å². The molecule has 1 fully saturated rings. The van der Waals surface area contributed by atoms with E-state index in [1.54, 1.807) is 18.2 Å². The fraction of sp³-hybridized carbons (Fsp3) is 0.333. The number of thioether (sulfide) groups is 1. The molecule has 0 radical (unpaired) electrons. The zero-order valence-electron chi connectivity index (χ0n) is 19.0. The molecule has 0 amide bonds. The number of fused-ring (bicyclic) bond motifs is 1. The van der Waals surface area contributed by atoms with Gasteiger partial charge in [-0.3, -0.25) is 4.90 Å². The van der Waals surface area contributed by atoms with E-state index in [9.17, 15) is 14.6 Å². The first-order valence-corrected chi connectivity index (χ1v) is 12.4. The summed E-state index contributed by atoms with van der Waals surface area (Å²) in [7, 11) is 0. The van der Waals surface area contributed by atoms with Crippen molar-refractivity contribution >= 4 is 11.8 Å². The number of likely N-dealkylation sites (tertiary alicyclic amines) is 1. The van der Waals surface area contributed by atoms with Crippen molar-refractivity contribution in [3.63, 3.8) is 0 Å². The minimum atomic E-state index is -0.680. The van der Waals surface area contributed by atoms with E-state index in [0.717, 1.165) is 42.4 Å². The van der Waals surface area contributed by atoms with Crippen LogP contribution in [0.3, 0.4) is 0 Å². The van der Waals surface area contributed by atoms with Crippen LogP contribution < -0.4 is 9.47 Å². The number of phenolic OH excluding ortho intramolecular Hbond substituents is 2. The number of hydrogen-bond donors (Lipinski definition) is 2. The second-order valence-corrected chi connectivity index (χ2v) is 10.2. The third-order valence-corrected chi connectivity index (χ3v) is 7.82. The van der Waals surface area contributed by atoms with Crippen LogP contribution >= 0.6 is 11.8 Å². The number of ether oxygens (including phenoxy) is 2. The molecule has 2 aliphatic heterocycles. The minimum absolute atomic E-state index is 0.163. The SMILES string of the molecule is C[C@H]1CCN(CCOc2ccc([C@@H]3Oc4ccc(O)c(F)c4S[C@@H]3c3ccc(O)cc3)cc2)C1. The zero-order valence-corrected chi connectivity index (χ0v) is 19.8. The van der Waals surface area contributed by atoms with Gasteiger partial charge in [-0.15, -0.1) is 11.8 Å². The Hall–Kier alpha value is -2.90. The van der Waals surface area contributed by atoms with Crippen molar-refractivity contribution in [1.82, 2.24) is 4.90 Å². The molecule has 34 heavy (non-hydrogen) atoms. The maximum atomic E-state index is 14.7. The number of nitrogens with zero attached hydrogens (tertiary/aromatic N) is 1. The number of aromatic hydroxyl groups is 2. The highest BCUT2D eigenvalue weighted by Gasteiger charge is 2.35. The van der Waals surface area contributed by atoms with Crippen LogP contribution in [-0.2, 0) is 0 Å². The van der Waals surface area contributed by atoms with E-state index in [4.69, 9.17) is 9.47 Å². The Bertz CT molecular complexity index is 1140. The molecule has 3 aromatic rings. The first-order chi connectivity index (χ1) is 16.5. The van der Waals surface area contributed by atoms with Crippen LogP contribution in [0.25, 0.3) is 0 Å². The molecular formula is C27H28FNO4S. The Morgan fingerprint density at radius 1 is 1.03 bits per heavy atom. The van der Waals surface area contributed by atoms with Gasteiger partial charge in [0.2, 0.25) is 0 Å². The van der Waals surface area contributed by atoms with Crippen LogP contribution in [0, 0.1) is 11.7 Å². The predicted octanol–water partition coefficient (Wildman–Crippen LogP) is 5.92. The van der Waals surface area contributed by atoms with Crippen molar-refractivity contribution in [3.8, 4) is 23.0 Å². The average molecular weight is 482 g/mol. The number of halogens is 1. The number of hydrogen-bond acceptors (Lipinski definition) is 6. The lowest BCUT2D eigenvalue weighted by Crippen LogP contribution is -2.25. The summed E-state index contributed by atoms with van der Waals surface area (Å²) >= 11 is 1.31. The molecular weight excluding hydrogens is 453 g/mol. The lowest BCUT2D eigenvalue weighted by Gasteiger charge is -2.34. The van der Waals surface area contributed by atoms with Gasteiger partial charge >= 0.3 is 0 Å². The summed E-state index contributed by atoms with van der Waals surface area (Å²) in [5.74, 6) is 1.05. The molecule has 2 N–H and O–H groups in total. The first kappa shape index (κ1) is 22.9. The standard InChI is InChI=1S/C27H28FNO4S/c1-17-12-13-29(16-17)14-15-32-21-8-4-18(5-9-21)25-26(19-2-6-20(30)7-3-19)34-27-23(33-25)11-10-22(31)24(27)28/h2-11,17,25-26,30-31H,12-16H2,1H3/t17-,25-,26+/m0/s1. The molecule has 2 aliphatic rings. The normalized spacial score (nSPS) is 22.2. The molecule has 3 aromatic carbocycles. The summed E-state index contributed by atoms with van der Waals surface area (Å²) in [6.45, 7) is 6.13. The molecule has 7 heteroatoms. The van der Waals surface area contributed by atoms with E-state index in [1.165, 1.54) is 24.2 Å². The Morgan fingerprint density at radius 2 is 1.76 bits per heavy atom. The zero-order chi connectivity index (χ0) is 23.7. The highest BCUT2D eigenvalue weighted by Crippen LogP contribution is 2.55. The van der Waals surface area contributed by atoms with Crippen LogP contribution in [-0.4, -0.2) is 41.4 Å². The smallest absolute Gasteiger partial charge is 0.182 e. The van der Waals surface area contributed by atoms with Gasteiger partial charge in [-0.2, -0.15) is 0 Å². The highest BCUT2D eigenvalue weighted by atomic mass is 32.2. The summed E-state index contributed by atoms with van der Waals surface area (Å²) in [4.78, 5) is 2.72. The van der Waals surface area contributed by atoms with Crippen molar-refractivity contribution in [2.75, 3.05) is 26.2 Å². The van der Waals surface area contributed by atoms with Crippen LogP contribution in [0.5, 0.6) is 23.0 Å². The topological polar surface area (TPSA) is 62.2 Å². The molecule has 0 bridgehead atoms. The quantitative estimate of drug-likeness (QED) is 0.455. The van der Waals surface area contributed by atoms with Gasteiger partial charge in [-0.25, -0.2) is 4.39 Å². The third kappa shape index (κ3) is 4.81. The maximum Gasteiger partial charge on any atom is 0.182 e. The van der Waals surface area contributed by atoms with E-state index in [2.05, 4.69) is 11.8 Å². The Balaban J connectivity index is 1.35. The fourth-order valence-corrected chi connectivity index (χ4v) is 5.87. The summed E-state index contributed by atoms with van der Waals surface area (Å²) in [5.41, 5.74) is 1.83. The number of phenols is 2. The first-order valence-electron chi connectivity index (χ1n) is 11.6. The van der Waals surface area contributed by atoms with Gasteiger partial charge in [-0.1, -0.05) is 31.2 Å². The summed E-state index contributed by atoms with van der Waals surface area (Å²) in [6.07, 6.45) is 0.870. The van der Waals surface area contributed by atoms with Crippen LogP contribution in [0.4, 0.5) is 4.39 Å². The Kier molecular flexibility index (Phi) is 6.57. The summed E-state index contributed by atoms with van der Waals surface area (Å²) in [5, 5.41) is 19.3. The number of benzene rings is 3. The van der Waals surface area contributed by atoms with Crippen LogP contribution in [0.1, 0.15) is 35.8 Å². The van der Waals surface area contributed by atoms with Gasteiger partial charge < -0.3 is 19.7 Å². The van der Waals surface area contributed by atoms with Crippen molar-refractivity contribution in [1.29, 1.82) is 0 Å². The van der Waals surface area contributed by atoms with Gasteiger partial charge in [0.15, 0.2) is 11.6 Å². The largest absolute Gasteiger partial charge is 0.508 e. The van der Waals surface area contributed by atoms with Crippen LogP contribution in [0.15, 0.2) is 65.6 Å². The summed E-state index contributed by atoms with van der Waals surface area (Å²) < 4.78 is 26.9. The maximum absolute atomic E-state index is 14.7. The molecule has 2 heterocycles. The Labute approximate surface area is 203 Å². The summed E-state index contributed by atoms with van der Waals surface area (Å²) in [6, 6.07) is 17.6. The molecule has 0 aromatic heterocycles. The van der Waals surface area contributed by atoms with Gasteiger partial charge in [0.25, 0.3) is 0 Å². The number of rotatable bonds is 6. The average Bonchev–Trinajstić information content (AvgIpc) is 3.27. The lowest BCUT2D eigenvalue weighted by atomic mass is 10.00. The monoisotopic (exact) mass is 481 g/mol. The van der Waals surface area contributed by atoms with Gasteiger partial charge in [0, 0.05) is 13.1 Å². The molecule has 0 spiro atoms. The van der Waals surface area contributed by atoms with E-state index in [-0.39, 0.29) is 22.0 Å². The Morgan fingerprint density at radius 3 is 2.47 bits per heavy atom. The second-order valence-electron chi connectivity index (χ2n) is 9.01. The van der Waals surface area contributed by atoms with Crippen molar-refractivity contribution in [2.45, 2.75) is 29.6 Å². The molecule has 1 saturated heterocycles. The molecule has 178 valence electrons. The second kappa shape index (κ2) is 9.76. The molecule has 3 atom stereocenters. The molecule has 0 aliphatic carbocycles. The van der Waals surface area contributed by atoms with Crippen LogP contribution in [0.2, 0.25) is 0 Å². The van der Waals surface area contributed by atoms with E-state index in [1.807, 2.05) is 36.4 Å². The van der Waals surface area contributed by atoms with Gasteiger partial charge in [-0.05, 0) is 66.4 Å². The van der Waals surface area contributed by atoms with Crippen molar-refractivity contribution in [3.05, 3.63) is 77.6 Å². The van der Waals surface area contributed by atoms with Crippen molar-refractivity contribution in [2.24, 2.45) is 5.92 Å². The minimum Gasteiger partial charge on any atom is -0.508 e. The lowest BCUT2D eigenvalue weighted by molar-refractivity contribution is 0.187.